The van der Waals surface area contributed by atoms with Gasteiger partial charge in [0.25, 0.3) is 5.56 Å². The Labute approximate surface area is 204 Å². The van der Waals surface area contributed by atoms with Crippen LogP contribution in [0, 0.1) is 0 Å². The Morgan fingerprint density at radius 2 is 1.83 bits per heavy atom. The summed E-state index contributed by atoms with van der Waals surface area (Å²) in [6, 6.07) is 9.65. The summed E-state index contributed by atoms with van der Waals surface area (Å²) in [4.78, 5) is 29.9. The van der Waals surface area contributed by atoms with E-state index in [0.29, 0.717) is 53.9 Å². The molecule has 3 aromatic rings. The predicted molar refractivity (Wildman–Crippen MR) is 133 cm³/mol. The molecule has 0 saturated heterocycles. The molecule has 0 atom stereocenters. The van der Waals surface area contributed by atoms with Gasteiger partial charge in [-0.2, -0.15) is 0 Å². The molecular weight excluding hydrogens is 470 g/mol. The average molecular weight is 500 g/mol. The number of anilines is 1. The van der Waals surface area contributed by atoms with E-state index in [0.717, 1.165) is 12.8 Å². The van der Waals surface area contributed by atoms with Gasteiger partial charge in [0.2, 0.25) is 5.91 Å². The maximum atomic E-state index is 12.9. The molecule has 1 N–H and O–H groups in total. The molecule has 0 bridgehead atoms. The van der Waals surface area contributed by atoms with Gasteiger partial charge in [-0.1, -0.05) is 18.9 Å². The number of fused-ring (bicyclic) bond motifs is 1. The largest absolute Gasteiger partial charge is 0.493 e. The molecule has 0 aliphatic heterocycles. The van der Waals surface area contributed by atoms with Gasteiger partial charge in [0.1, 0.15) is 0 Å². The van der Waals surface area contributed by atoms with Gasteiger partial charge >= 0.3 is 0 Å². The van der Waals surface area contributed by atoms with Gasteiger partial charge in [-0.25, -0.2) is 13.4 Å². The number of aromatic nitrogens is 2. The average Bonchev–Trinajstić information content (AvgIpc) is 3.41. The lowest BCUT2D eigenvalue weighted by atomic mass is 10.2. The molecule has 0 radical (unpaired) electrons. The van der Waals surface area contributed by atoms with Gasteiger partial charge in [-0.15, -0.1) is 0 Å². The third-order valence-electron chi connectivity index (χ3n) is 6.32. The number of carbonyl (C=O) groups is 1. The maximum Gasteiger partial charge on any atom is 0.261 e. The van der Waals surface area contributed by atoms with E-state index in [1.165, 1.54) is 31.2 Å². The third-order valence-corrected chi connectivity index (χ3v) is 8.58. The minimum Gasteiger partial charge on any atom is -0.493 e. The van der Waals surface area contributed by atoms with Gasteiger partial charge in [-0.05, 0) is 43.5 Å². The van der Waals surface area contributed by atoms with Crippen LogP contribution in [0.3, 0.4) is 0 Å². The van der Waals surface area contributed by atoms with E-state index < -0.39 is 9.84 Å². The summed E-state index contributed by atoms with van der Waals surface area (Å²) in [5, 5.41) is 2.82. The molecule has 1 aliphatic rings. The van der Waals surface area contributed by atoms with Crippen LogP contribution in [-0.4, -0.2) is 43.3 Å². The van der Waals surface area contributed by atoms with Crippen molar-refractivity contribution in [3.05, 3.63) is 53.1 Å². The number of rotatable bonds is 9. The smallest absolute Gasteiger partial charge is 0.261 e. The predicted octanol–water partition coefficient (Wildman–Crippen LogP) is 3.55. The first kappa shape index (κ1) is 24.7. The van der Waals surface area contributed by atoms with Crippen molar-refractivity contribution in [3.63, 3.8) is 0 Å². The van der Waals surface area contributed by atoms with Gasteiger partial charge in [0.15, 0.2) is 21.3 Å². The molecule has 4 rings (SSSR count). The molecule has 186 valence electrons. The monoisotopic (exact) mass is 499 g/mol. The molecule has 1 amide bonds. The summed E-state index contributed by atoms with van der Waals surface area (Å²) in [7, 11) is -0.384. The molecule has 1 heterocycles. The van der Waals surface area contributed by atoms with E-state index in [9.17, 15) is 18.0 Å². The molecule has 35 heavy (non-hydrogen) atoms. The van der Waals surface area contributed by atoms with Crippen molar-refractivity contribution in [1.29, 1.82) is 0 Å². The van der Waals surface area contributed by atoms with Gasteiger partial charge in [-0.3, -0.25) is 14.2 Å². The van der Waals surface area contributed by atoms with Gasteiger partial charge in [0, 0.05) is 24.7 Å². The maximum absolute atomic E-state index is 12.9. The van der Waals surface area contributed by atoms with E-state index in [-0.39, 0.29) is 28.0 Å². The Morgan fingerprint density at radius 3 is 2.54 bits per heavy atom. The van der Waals surface area contributed by atoms with Gasteiger partial charge in [0.05, 0.1) is 41.6 Å². The zero-order valence-electron chi connectivity index (χ0n) is 19.8. The fourth-order valence-electron chi connectivity index (χ4n) is 4.42. The first-order valence-electron chi connectivity index (χ1n) is 11.6. The van der Waals surface area contributed by atoms with Crippen molar-refractivity contribution < 1.29 is 22.7 Å². The van der Waals surface area contributed by atoms with Crippen molar-refractivity contribution >= 4 is 32.3 Å². The Bertz CT molecular complexity index is 1390. The van der Waals surface area contributed by atoms with E-state index in [1.54, 1.807) is 30.3 Å². The highest BCUT2D eigenvalue weighted by Crippen LogP contribution is 2.31. The highest BCUT2D eigenvalue weighted by Gasteiger charge is 2.30. The van der Waals surface area contributed by atoms with Crippen LogP contribution in [0.25, 0.3) is 10.9 Å². The van der Waals surface area contributed by atoms with Crippen LogP contribution in [0.4, 0.5) is 5.69 Å². The number of ether oxygens (including phenoxy) is 2. The molecule has 1 fully saturated rings. The second kappa shape index (κ2) is 10.5. The summed E-state index contributed by atoms with van der Waals surface area (Å²) in [6.07, 6.45) is 5.24. The van der Waals surface area contributed by atoms with Crippen LogP contribution in [0.5, 0.6) is 11.5 Å². The summed E-state index contributed by atoms with van der Waals surface area (Å²) >= 11 is 0. The van der Waals surface area contributed by atoms with Crippen LogP contribution < -0.4 is 20.3 Å². The number of hydrogen-bond acceptors (Lipinski definition) is 7. The number of hydrogen-bond donors (Lipinski definition) is 1. The standard InChI is InChI=1S/C25H29N3O6S/c1-33-22-14-20-21(15-23(22)34-2)26-16-28(25(20)30)12-6-11-24(29)27-17-7-5-10-19(13-17)35(31,32)18-8-3-4-9-18/h5,7,10,13-16,18H,3-4,6,8-9,11-12H2,1-2H3,(H,27,29). The third kappa shape index (κ3) is 5.32. The van der Waals surface area contributed by atoms with Crippen LogP contribution >= 0.6 is 0 Å². The van der Waals surface area contributed by atoms with E-state index in [4.69, 9.17) is 9.47 Å². The van der Waals surface area contributed by atoms with Gasteiger partial charge < -0.3 is 14.8 Å². The Morgan fingerprint density at radius 1 is 1.11 bits per heavy atom. The lowest BCUT2D eigenvalue weighted by Gasteiger charge is -2.13. The first-order valence-corrected chi connectivity index (χ1v) is 13.1. The second-order valence-corrected chi connectivity index (χ2v) is 10.8. The number of nitrogens with zero attached hydrogens (tertiary/aromatic N) is 2. The van der Waals surface area contributed by atoms with Crippen molar-refractivity contribution in [2.45, 2.75) is 55.2 Å². The number of sulfone groups is 1. The molecule has 9 nitrogen and oxygen atoms in total. The zero-order valence-corrected chi connectivity index (χ0v) is 20.6. The van der Waals surface area contributed by atoms with Crippen molar-refractivity contribution in [2.24, 2.45) is 0 Å². The number of nitrogens with one attached hydrogen (secondary N) is 1. The molecular formula is C25H29N3O6S. The van der Waals surface area contributed by atoms with Crippen molar-refractivity contribution in [3.8, 4) is 11.5 Å². The fourth-order valence-corrected chi connectivity index (χ4v) is 6.32. The van der Waals surface area contributed by atoms with Crippen LogP contribution in [0.15, 0.2) is 52.4 Å². The molecule has 0 unspecified atom stereocenters. The highest BCUT2D eigenvalue weighted by atomic mass is 32.2. The lowest BCUT2D eigenvalue weighted by Crippen LogP contribution is -2.22. The van der Waals surface area contributed by atoms with E-state index in [2.05, 4.69) is 10.3 Å². The number of aryl methyl sites for hydroxylation is 1. The molecule has 10 heteroatoms. The minimum atomic E-state index is -3.40. The summed E-state index contributed by atoms with van der Waals surface area (Å²) in [6.45, 7) is 0.305. The van der Waals surface area contributed by atoms with Crippen LogP contribution in [0.1, 0.15) is 38.5 Å². The van der Waals surface area contributed by atoms with Crippen LogP contribution in [0.2, 0.25) is 0 Å². The first-order chi connectivity index (χ1) is 16.8. The summed E-state index contributed by atoms with van der Waals surface area (Å²) in [5.74, 6) is 0.670. The topological polar surface area (TPSA) is 117 Å². The number of amides is 1. The number of methoxy groups -OCH3 is 2. The Balaban J connectivity index is 1.39. The second-order valence-electron chi connectivity index (χ2n) is 8.60. The summed E-state index contributed by atoms with van der Waals surface area (Å²) < 4.78 is 37.7. The highest BCUT2D eigenvalue weighted by molar-refractivity contribution is 7.92. The normalized spacial score (nSPS) is 14.2. The molecule has 2 aromatic carbocycles. The van der Waals surface area contributed by atoms with Crippen molar-refractivity contribution in [2.75, 3.05) is 19.5 Å². The zero-order chi connectivity index (χ0) is 25.0. The fraction of sp³-hybridized carbons (Fsp3) is 0.400. The van der Waals surface area contributed by atoms with E-state index >= 15 is 0 Å². The van der Waals surface area contributed by atoms with E-state index in [1.807, 2.05) is 0 Å². The summed E-state index contributed by atoms with van der Waals surface area (Å²) in [5.41, 5.74) is 0.704. The molecule has 1 aliphatic carbocycles. The molecule has 1 aromatic heterocycles. The lowest BCUT2D eigenvalue weighted by molar-refractivity contribution is -0.116. The quantitative estimate of drug-likeness (QED) is 0.478. The number of carbonyl (C=O) groups excluding carboxylic acids is 1. The molecule has 0 spiro atoms. The Hall–Kier alpha value is -3.40. The van der Waals surface area contributed by atoms with Crippen molar-refractivity contribution in [1.82, 2.24) is 9.55 Å². The Kier molecular flexibility index (Phi) is 7.39. The SMILES string of the molecule is COc1cc2ncn(CCCC(=O)Nc3cccc(S(=O)(=O)C4CCCC4)c3)c(=O)c2cc1OC. The van der Waals surface area contributed by atoms with Crippen LogP contribution in [-0.2, 0) is 21.2 Å². The minimum absolute atomic E-state index is 0.163. The molecule has 1 saturated carbocycles. The number of benzene rings is 2.